The topological polar surface area (TPSA) is 62.9 Å². The summed E-state index contributed by atoms with van der Waals surface area (Å²) in [5.41, 5.74) is 0. The molecule has 0 aliphatic carbocycles. The van der Waals surface area contributed by atoms with Gasteiger partial charge in [0.1, 0.15) is 5.76 Å². The molecule has 5 heteroatoms. The SMILES string of the molecule is COCC1CCN(C(C)c2ccc(C(=O)O)o2)CC1. The van der Waals surface area contributed by atoms with Crippen LogP contribution in [0.25, 0.3) is 0 Å². The van der Waals surface area contributed by atoms with Gasteiger partial charge in [0, 0.05) is 13.7 Å². The number of nitrogens with zero attached hydrogens (tertiary/aromatic N) is 1. The lowest BCUT2D eigenvalue weighted by Gasteiger charge is -2.34. The molecule has 1 aromatic rings. The van der Waals surface area contributed by atoms with Crippen molar-refractivity contribution in [2.45, 2.75) is 25.8 Å². The van der Waals surface area contributed by atoms with Crippen molar-refractivity contribution in [3.05, 3.63) is 23.7 Å². The average molecular weight is 267 g/mol. The number of hydrogen-bond acceptors (Lipinski definition) is 4. The van der Waals surface area contributed by atoms with Crippen LogP contribution in [0.15, 0.2) is 16.5 Å². The van der Waals surface area contributed by atoms with Gasteiger partial charge in [-0.05, 0) is 50.9 Å². The average Bonchev–Trinajstić information content (AvgIpc) is 2.89. The van der Waals surface area contributed by atoms with Gasteiger partial charge in [-0.2, -0.15) is 0 Å². The number of furan rings is 1. The maximum atomic E-state index is 10.8. The number of carboxylic acid groups (broad SMARTS) is 1. The molecular weight excluding hydrogens is 246 g/mol. The van der Waals surface area contributed by atoms with E-state index in [1.54, 1.807) is 13.2 Å². The first-order valence-corrected chi connectivity index (χ1v) is 6.68. The third kappa shape index (κ3) is 3.36. The molecule has 106 valence electrons. The summed E-state index contributed by atoms with van der Waals surface area (Å²) in [4.78, 5) is 13.1. The number of carbonyl (C=O) groups is 1. The Morgan fingerprint density at radius 2 is 2.21 bits per heavy atom. The smallest absolute Gasteiger partial charge is 0.371 e. The van der Waals surface area contributed by atoms with Crippen LogP contribution in [0.5, 0.6) is 0 Å². The van der Waals surface area contributed by atoms with Crippen LogP contribution in [0.3, 0.4) is 0 Å². The van der Waals surface area contributed by atoms with Gasteiger partial charge >= 0.3 is 5.97 Å². The first-order chi connectivity index (χ1) is 9.11. The summed E-state index contributed by atoms with van der Waals surface area (Å²) in [5.74, 6) is 0.357. The fraction of sp³-hybridized carbons (Fsp3) is 0.643. The highest BCUT2D eigenvalue weighted by Gasteiger charge is 2.25. The standard InChI is InChI=1S/C14H21NO4/c1-10(12-3-4-13(19-12)14(16)17)15-7-5-11(6-8-15)9-18-2/h3-4,10-11H,5-9H2,1-2H3,(H,16,17). The second-order valence-corrected chi connectivity index (χ2v) is 5.12. The normalized spacial score (nSPS) is 19.5. The number of aromatic carboxylic acids is 1. The third-order valence-electron chi connectivity index (χ3n) is 3.85. The Hall–Kier alpha value is -1.33. The first-order valence-electron chi connectivity index (χ1n) is 6.68. The molecule has 1 aliphatic rings. The van der Waals surface area contributed by atoms with Crippen molar-refractivity contribution >= 4 is 5.97 Å². The minimum absolute atomic E-state index is 0.0103. The molecule has 2 heterocycles. The largest absolute Gasteiger partial charge is 0.475 e. The third-order valence-corrected chi connectivity index (χ3v) is 3.85. The summed E-state index contributed by atoms with van der Waals surface area (Å²) in [6.07, 6.45) is 2.23. The maximum Gasteiger partial charge on any atom is 0.371 e. The molecule has 1 aliphatic heterocycles. The van der Waals surface area contributed by atoms with E-state index in [2.05, 4.69) is 11.8 Å². The molecule has 1 saturated heterocycles. The van der Waals surface area contributed by atoms with Gasteiger partial charge in [-0.15, -0.1) is 0 Å². The molecule has 1 unspecified atom stereocenters. The van der Waals surface area contributed by atoms with Gasteiger partial charge in [-0.25, -0.2) is 4.79 Å². The molecular formula is C14H21NO4. The van der Waals surface area contributed by atoms with E-state index in [9.17, 15) is 4.79 Å². The molecule has 0 radical (unpaired) electrons. The van der Waals surface area contributed by atoms with Gasteiger partial charge in [0.2, 0.25) is 5.76 Å². The van der Waals surface area contributed by atoms with E-state index in [1.807, 2.05) is 0 Å². The van der Waals surface area contributed by atoms with Crippen molar-refractivity contribution in [3.63, 3.8) is 0 Å². The van der Waals surface area contributed by atoms with E-state index in [-0.39, 0.29) is 11.8 Å². The summed E-state index contributed by atoms with van der Waals surface area (Å²) in [5, 5.41) is 8.86. The van der Waals surface area contributed by atoms with Crippen LogP contribution >= 0.6 is 0 Å². The molecule has 1 atom stereocenters. The van der Waals surface area contributed by atoms with Crippen LogP contribution in [0.4, 0.5) is 0 Å². The van der Waals surface area contributed by atoms with Gasteiger partial charge < -0.3 is 14.3 Å². The molecule has 1 N–H and O–H groups in total. The van der Waals surface area contributed by atoms with E-state index in [4.69, 9.17) is 14.3 Å². The molecule has 0 aromatic carbocycles. The number of rotatable bonds is 5. The molecule has 0 amide bonds. The van der Waals surface area contributed by atoms with Crippen molar-refractivity contribution in [3.8, 4) is 0 Å². The second kappa shape index (κ2) is 6.21. The zero-order chi connectivity index (χ0) is 13.8. The second-order valence-electron chi connectivity index (χ2n) is 5.12. The molecule has 1 fully saturated rings. The summed E-state index contributed by atoms with van der Waals surface area (Å²) in [6.45, 7) is 4.88. The van der Waals surface area contributed by atoms with Crippen LogP contribution < -0.4 is 0 Å². The summed E-state index contributed by atoms with van der Waals surface area (Å²) < 4.78 is 10.6. The molecule has 2 rings (SSSR count). The van der Waals surface area contributed by atoms with E-state index >= 15 is 0 Å². The van der Waals surface area contributed by atoms with Crippen LogP contribution in [-0.4, -0.2) is 42.8 Å². The Morgan fingerprint density at radius 1 is 1.53 bits per heavy atom. The van der Waals surface area contributed by atoms with Crippen molar-refractivity contribution in [2.24, 2.45) is 5.92 Å². The fourth-order valence-corrected chi connectivity index (χ4v) is 2.61. The lowest BCUT2D eigenvalue weighted by Crippen LogP contribution is -2.36. The fourth-order valence-electron chi connectivity index (χ4n) is 2.61. The van der Waals surface area contributed by atoms with Gasteiger partial charge in [0.15, 0.2) is 0 Å². The minimum Gasteiger partial charge on any atom is -0.475 e. The molecule has 19 heavy (non-hydrogen) atoms. The number of likely N-dealkylation sites (tertiary alicyclic amines) is 1. The predicted molar refractivity (Wildman–Crippen MR) is 70.3 cm³/mol. The molecule has 5 nitrogen and oxygen atoms in total. The molecule has 0 spiro atoms. The highest BCUT2D eigenvalue weighted by molar-refractivity contribution is 5.84. The monoisotopic (exact) mass is 267 g/mol. The predicted octanol–water partition coefficient (Wildman–Crippen LogP) is 2.40. The van der Waals surface area contributed by atoms with E-state index in [0.29, 0.717) is 5.92 Å². The molecule has 0 saturated carbocycles. The van der Waals surface area contributed by atoms with Crippen molar-refractivity contribution in [1.29, 1.82) is 0 Å². The van der Waals surface area contributed by atoms with Gasteiger partial charge in [-0.3, -0.25) is 4.90 Å². The summed E-state index contributed by atoms with van der Waals surface area (Å²) in [6, 6.07) is 3.40. The molecule has 1 aromatic heterocycles. The van der Waals surface area contributed by atoms with E-state index in [0.717, 1.165) is 38.3 Å². The lowest BCUT2D eigenvalue weighted by molar-refractivity contribution is 0.0640. The Balaban J connectivity index is 1.93. The molecule has 0 bridgehead atoms. The van der Waals surface area contributed by atoms with Crippen molar-refractivity contribution < 1.29 is 19.1 Å². The minimum atomic E-state index is -1.02. The van der Waals surface area contributed by atoms with Crippen LogP contribution in [0.1, 0.15) is 42.1 Å². The number of hydrogen-bond donors (Lipinski definition) is 1. The van der Waals surface area contributed by atoms with Crippen LogP contribution in [-0.2, 0) is 4.74 Å². The van der Waals surface area contributed by atoms with Gasteiger partial charge in [-0.1, -0.05) is 0 Å². The first kappa shape index (κ1) is 14.1. The van der Waals surface area contributed by atoms with Gasteiger partial charge in [0.05, 0.1) is 6.04 Å². The Morgan fingerprint density at radius 3 is 2.74 bits per heavy atom. The van der Waals surface area contributed by atoms with Crippen LogP contribution in [0.2, 0.25) is 0 Å². The maximum absolute atomic E-state index is 10.8. The number of piperidine rings is 1. The highest BCUT2D eigenvalue weighted by atomic mass is 16.5. The lowest BCUT2D eigenvalue weighted by atomic mass is 9.96. The zero-order valence-electron chi connectivity index (χ0n) is 11.5. The Bertz CT molecular complexity index is 421. The highest BCUT2D eigenvalue weighted by Crippen LogP contribution is 2.27. The van der Waals surface area contributed by atoms with Crippen molar-refractivity contribution in [2.75, 3.05) is 26.8 Å². The summed E-state index contributed by atoms with van der Waals surface area (Å²) >= 11 is 0. The van der Waals surface area contributed by atoms with Crippen LogP contribution in [0, 0.1) is 5.92 Å². The quantitative estimate of drug-likeness (QED) is 0.887. The zero-order valence-corrected chi connectivity index (χ0v) is 11.5. The van der Waals surface area contributed by atoms with Gasteiger partial charge in [0.25, 0.3) is 0 Å². The number of carboxylic acids is 1. The number of methoxy groups -OCH3 is 1. The summed E-state index contributed by atoms with van der Waals surface area (Å²) in [7, 11) is 1.74. The van der Waals surface area contributed by atoms with E-state index in [1.165, 1.54) is 6.07 Å². The Labute approximate surface area is 113 Å². The van der Waals surface area contributed by atoms with E-state index < -0.39 is 5.97 Å². The Kier molecular flexibility index (Phi) is 4.61. The van der Waals surface area contributed by atoms with Crippen molar-refractivity contribution in [1.82, 2.24) is 4.90 Å². The number of ether oxygens (including phenoxy) is 1.